The lowest BCUT2D eigenvalue weighted by atomic mass is 9.77. The summed E-state index contributed by atoms with van der Waals surface area (Å²) in [5, 5.41) is 29.8. The molecular weight excluding hydrogens is 346 g/mol. The van der Waals surface area contributed by atoms with Gasteiger partial charge in [-0.15, -0.1) is 10.1 Å². The molecule has 6 nitrogen and oxygen atoms in total. The molecule has 1 aromatic rings. The number of unbranched alkanes of at least 4 members (excludes halogenated alkanes) is 3. The van der Waals surface area contributed by atoms with Crippen LogP contribution >= 0.6 is 0 Å². The maximum absolute atomic E-state index is 10.6. The summed E-state index contributed by atoms with van der Waals surface area (Å²) < 4.78 is 0. The van der Waals surface area contributed by atoms with Crippen molar-refractivity contribution < 1.29 is 20.1 Å². The molecule has 0 unspecified atom stereocenters. The van der Waals surface area contributed by atoms with Crippen LogP contribution in [0.1, 0.15) is 88.7 Å². The molecule has 2 rings (SSSR count). The first kappa shape index (κ1) is 21.5. The number of phenols is 1. The summed E-state index contributed by atoms with van der Waals surface area (Å²) in [4.78, 5) is 14.4. The maximum atomic E-state index is 10.6. The van der Waals surface area contributed by atoms with Crippen LogP contribution in [-0.2, 0) is 10.3 Å². The molecule has 2 N–H and O–H groups in total. The third-order valence-corrected chi connectivity index (χ3v) is 5.79. The summed E-state index contributed by atoms with van der Waals surface area (Å²) in [5.74, 6) is 0.587. The molecule has 0 aromatic heterocycles. The minimum absolute atomic E-state index is 0.0422. The number of hydrogen-bond acceptors (Lipinski definition) is 5. The first-order valence-corrected chi connectivity index (χ1v) is 10.1. The standard InChI is InChI=1S/C21H33NO5/c1-21(2,12-5-3-4-6-13-27-22(25)26)17-10-11-19(20(24)15-17)16-8-7-9-18(23)14-16/h10-11,15-16,18,23-24H,3-9,12-14H2,1-2H3/t16-,18-/m0/s1. The zero-order valence-corrected chi connectivity index (χ0v) is 16.5. The van der Waals surface area contributed by atoms with E-state index in [-0.39, 0.29) is 24.0 Å². The van der Waals surface area contributed by atoms with Gasteiger partial charge in [-0.3, -0.25) is 0 Å². The minimum atomic E-state index is -0.743. The first-order chi connectivity index (χ1) is 12.8. The molecule has 152 valence electrons. The van der Waals surface area contributed by atoms with Gasteiger partial charge in [0.15, 0.2) is 0 Å². The monoisotopic (exact) mass is 379 g/mol. The summed E-state index contributed by atoms with van der Waals surface area (Å²) in [7, 11) is 0. The largest absolute Gasteiger partial charge is 0.508 e. The zero-order valence-electron chi connectivity index (χ0n) is 16.5. The lowest BCUT2D eigenvalue weighted by Gasteiger charge is -2.29. The average molecular weight is 379 g/mol. The van der Waals surface area contributed by atoms with Gasteiger partial charge in [0.05, 0.1) is 12.7 Å². The van der Waals surface area contributed by atoms with E-state index >= 15 is 0 Å². The minimum Gasteiger partial charge on any atom is -0.508 e. The second kappa shape index (κ2) is 9.93. The van der Waals surface area contributed by atoms with Crippen LogP contribution in [-0.4, -0.2) is 28.0 Å². The third-order valence-electron chi connectivity index (χ3n) is 5.79. The van der Waals surface area contributed by atoms with Gasteiger partial charge in [0.25, 0.3) is 5.09 Å². The lowest BCUT2D eigenvalue weighted by Crippen LogP contribution is -2.19. The second-order valence-corrected chi connectivity index (χ2v) is 8.40. The van der Waals surface area contributed by atoms with E-state index in [4.69, 9.17) is 0 Å². The molecule has 27 heavy (non-hydrogen) atoms. The topological polar surface area (TPSA) is 92.8 Å². The Morgan fingerprint density at radius 2 is 1.96 bits per heavy atom. The number of phenolic OH excluding ortho intramolecular Hbond substituents is 1. The van der Waals surface area contributed by atoms with E-state index in [1.54, 1.807) is 0 Å². The van der Waals surface area contributed by atoms with Crippen LogP contribution in [0.25, 0.3) is 0 Å². The van der Waals surface area contributed by atoms with Gasteiger partial charge in [-0.2, -0.15) is 0 Å². The van der Waals surface area contributed by atoms with Crippen molar-refractivity contribution in [1.29, 1.82) is 0 Å². The number of aliphatic hydroxyl groups excluding tert-OH is 1. The van der Waals surface area contributed by atoms with Crippen LogP contribution in [0.2, 0.25) is 0 Å². The second-order valence-electron chi connectivity index (χ2n) is 8.40. The van der Waals surface area contributed by atoms with Crippen molar-refractivity contribution in [3.05, 3.63) is 39.4 Å². The van der Waals surface area contributed by atoms with Crippen LogP contribution < -0.4 is 0 Å². The van der Waals surface area contributed by atoms with Crippen LogP contribution in [0.15, 0.2) is 18.2 Å². The molecule has 0 amide bonds. The number of benzene rings is 1. The van der Waals surface area contributed by atoms with Crippen molar-refractivity contribution in [3.8, 4) is 5.75 Å². The molecule has 2 atom stereocenters. The summed E-state index contributed by atoms with van der Waals surface area (Å²) >= 11 is 0. The van der Waals surface area contributed by atoms with E-state index in [1.807, 2.05) is 12.1 Å². The molecule has 0 spiro atoms. The van der Waals surface area contributed by atoms with Crippen LogP contribution in [0.4, 0.5) is 0 Å². The number of hydrogen-bond donors (Lipinski definition) is 2. The van der Waals surface area contributed by atoms with Crippen molar-refractivity contribution in [2.24, 2.45) is 0 Å². The fourth-order valence-electron chi connectivity index (χ4n) is 4.06. The molecule has 0 bridgehead atoms. The molecule has 6 heteroatoms. The maximum Gasteiger partial charge on any atom is 0.294 e. The first-order valence-electron chi connectivity index (χ1n) is 10.1. The zero-order chi connectivity index (χ0) is 19.9. The van der Waals surface area contributed by atoms with E-state index in [9.17, 15) is 20.3 Å². The Hall–Kier alpha value is -1.82. The van der Waals surface area contributed by atoms with Crippen molar-refractivity contribution in [2.45, 2.75) is 89.1 Å². The Labute approximate surface area is 161 Å². The normalized spacial score (nSPS) is 20.4. The van der Waals surface area contributed by atoms with Crippen LogP contribution in [0.5, 0.6) is 5.75 Å². The molecule has 0 saturated heterocycles. The summed E-state index contributed by atoms with van der Waals surface area (Å²) in [6.45, 7) is 4.53. The van der Waals surface area contributed by atoms with Crippen molar-refractivity contribution in [2.75, 3.05) is 6.61 Å². The van der Waals surface area contributed by atoms with Gasteiger partial charge in [0, 0.05) is 0 Å². The molecule has 0 heterocycles. The predicted molar refractivity (Wildman–Crippen MR) is 104 cm³/mol. The van der Waals surface area contributed by atoms with Gasteiger partial charge in [0.2, 0.25) is 0 Å². The molecule has 0 radical (unpaired) electrons. The van der Waals surface area contributed by atoms with E-state index in [1.165, 1.54) is 0 Å². The Morgan fingerprint density at radius 3 is 2.63 bits per heavy atom. The SMILES string of the molecule is CC(C)(CCCCCCO[N+](=O)[O-])c1ccc([C@H]2CCC[C@H](O)C2)c(O)c1. The Kier molecular flexibility index (Phi) is 7.90. The number of nitrogens with zero attached hydrogens (tertiary/aromatic N) is 1. The highest BCUT2D eigenvalue weighted by molar-refractivity contribution is 5.41. The fraction of sp³-hybridized carbons (Fsp3) is 0.714. The highest BCUT2D eigenvalue weighted by Crippen LogP contribution is 2.40. The van der Waals surface area contributed by atoms with Crippen LogP contribution in [0.3, 0.4) is 0 Å². The molecule has 1 fully saturated rings. The van der Waals surface area contributed by atoms with E-state index in [0.29, 0.717) is 12.2 Å². The molecule has 0 aliphatic heterocycles. The van der Waals surface area contributed by atoms with Crippen molar-refractivity contribution in [1.82, 2.24) is 0 Å². The molecule has 1 aromatic carbocycles. The Bertz CT molecular complexity index is 617. The number of aromatic hydroxyl groups is 1. The average Bonchev–Trinajstić information content (AvgIpc) is 2.60. The van der Waals surface area contributed by atoms with Gasteiger partial charge in [0.1, 0.15) is 5.75 Å². The Balaban J connectivity index is 1.84. The smallest absolute Gasteiger partial charge is 0.294 e. The van der Waals surface area contributed by atoms with E-state index in [0.717, 1.165) is 62.5 Å². The quantitative estimate of drug-likeness (QED) is 0.344. The van der Waals surface area contributed by atoms with Gasteiger partial charge < -0.3 is 15.1 Å². The van der Waals surface area contributed by atoms with Gasteiger partial charge >= 0.3 is 0 Å². The van der Waals surface area contributed by atoms with Crippen molar-refractivity contribution >= 4 is 0 Å². The lowest BCUT2D eigenvalue weighted by molar-refractivity contribution is -0.757. The molecule has 1 saturated carbocycles. The van der Waals surface area contributed by atoms with E-state index < -0.39 is 5.09 Å². The summed E-state index contributed by atoms with van der Waals surface area (Å²) in [5.41, 5.74) is 2.04. The summed E-state index contributed by atoms with van der Waals surface area (Å²) in [6.07, 6.45) is 8.01. The van der Waals surface area contributed by atoms with E-state index in [2.05, 4.69) is 24.8 Å². The predicted octanol–water partition coefficient (Wildman–Crippen LogP) is 4.85. The molecular formula is C21H33NO5. The summed E-state index contributed by atoms with van der Waals surface area (Å²) in [6, 6.07) is 6.03. The van der Waals surface area contributed by atoms with Gasteiger partial charge in [-0.1, -0.05) is 51.7 Å². The highest BCUT2D eigenvalue weighted by atomic mass is 16.9. The fourth-order valence-corrected chi connectivity index (χ4v) is 4.06. The number of rotatable bonds is 10. The molecule has 1 aliphatic rings. The van der Waals surface area contributed by atoms with Gasteiger partial charge in [-0.05, 0) is 60.6 Å². The molecule has 1 aliphatic carbocycles. The number of aliphatic hydroxyl groups is 1. The highest BCUT2D eigenvalue weighted by Gasteiger charge is 2.26. The van der Waals surface area contributed by atoms with Crippen LogP contribution in [0, 0.1) is 10.1 Å². The Morgan fingerprint density at radius 1 is 1.22 bits per heavy atom. The van der Waals surface area contributed by atoms with Crippen molar-refractivity contribution in [3.63, 3.8) is 0 Å². The third kappa shape index (κ3) is 6.69. The van der Waals surface area contributed by atoms with Gasteiger partial charge in [-0.25, -0.2) is 0 Å².